The first-order valence-electron chi connectivity index (χ1n) is 5.99. The normalized spacial score (nSPS) is 12.0. The molecule has 0 saturated carbocycles. The van der Waals surface area contributed by atoms with E-state index in [2.05, 4.69) is 5.32 Å². The molecule has 2 nitrogen and oxygen atoms in total. The van der Waals surface area contributed by atoms with Crippen LogP contribution in [0.5, 0.6) is 0 Å². The fraction of sp³-hybridized carbons (Fsp3) is 0.133. The highest BCUT2D eigenvalue weighted by Gasteiger charge is 2.14. The number of carbonyl (C=O) groups is 1. The molecule has 1 N–H and O–H groups in total. The molecule has 0 aliphatic carbocycles. The van der Waals surface area contributed by atoms with Gasteiger partial charge >= 0.3 is 0 Å². The molecule has 0 aliphatic rings. The van der Waals surface area contributed by atoms with Crippen LogP contribution in [0.1, 0.15) is 28.9 Å². The summed E-state index contributed by atoms with van der Waals surface area (Å²) in [5.41, 5.74) is 1.12. The van der Waals surface area contributed by atoms with Gasteiger partial charge in [0.25, 0.3) is 5.91 Å². The van der Waals surface area contributed by atoms with E-state index in [9.17, 15) is 9.18 Å². The SMILES string of the molecule is C[C@@H](NC(=O)c1cc(Cl)ccc1Cl)c1ccc(F)cc1. The van der Waals surface area contributed by atoms with Gasteiger partial charge in [-0.25, -0.2) is 4.39 Å². The highest BCUT2D eigenvalue weighted by molar-refractivity contribution is 6.35. The zero-order valence-electron chi connectivity index (χ0n) is 10.7. The maximum absolute atomic E-state index is 12.9. The minimum atomic E-state index is -0.325. The van der Waals surface area contributed by atoms with Crippen LogP contribution in [-0.2, 0) is 0 Å². The van der Waals surface area contributed by atoms with Crippen LogP contribution >= 0.6 is 23.2 Å². The van der Waals surface area contributed by atoms with E-state index in [1.165, 1.54) is 18.2 Å². The first kappa shape index (κ1) is 14.8. The lowest BCUT2D eigenvalue weighted by molar-refractivity contribution is 0.0940. The largest absolute Gasteiger partial charge is 0.345 e. The summed E-state index contributed by atoms with van der Waals surface area (Å²) in [5.74, 6) is -0.639. The molecule has 20 heavy (non-hydrogen) atoms. The van der Waals surface area contributed by atoms with E-state index in [0.29, 0.717) is 15.6 Å². The second kappa shape index (κ2) is 6.25. The average molecular weight is 312 g/mol. The van der Waals surface area contributed by atoms with E-state index in [-0.39, 0.29) is 17.8 Å². The quantitative estimate of drug-likeness (QED) is 0.880. The summed E-state index contributed by atoms with van der Waals surface area (Å²) in [4.78, 5) is 12.1. The van der Waals surface area contributed by atoms with Gasteiger partial charge in [0.2, 0.25) is 0 Å². The Balaban J connectivity index is 2.15. The lowest BCUT2D eigenvalue weighted by Crippen LogP contribution is -2.26. The summed E-state index contributed by atoms with van der Waals surface area (Å²) in [6.45, 7) is 1.81. The Morgan fingerprint density at radius 3 is 2.45 bits per heavy atom. The Morgan fingerprint density at radius 1 is 1.15 bits per heavy atom. The molecular weight excluding hydrogens is 300 g/mol. The van der Waals surface area contributed by atoms with Gasteiger partial charge in [0.05, 0.1) is 16.6 Å². The van der Waals surface area contributed by atoms with E-state index >= 15 is 0 Å². The number of benzene rings is 2. The van der Waals surface area contributed by atoms with Gasteiger partial charge in [0.15, 0.2) is 0 Å². The van der Waals surface area contributed by atoms with Gasteiger partial charge in [0.1, 0.15) is 5.82 Å². The Labute approximate surface area is 126 Å². The molecule has 2 rings (SSSR count). The minimum Gasteiger partial charge on any atom is -0.345 e. The van der Waals surface area contributed by atoms with Crippen molar-refractivity contribution >= 4 is 29.1 Å². The fourth-order valence-electron chi connectivity index (χ4n) is 1.78. The molecule has 1 amide bonds. The van der Waals surface area contributed by atoms with Crippen LogP contribution in [0.4, 0.5) is 4.39 Å². The minimum absolute atomic E-state index is 0.266. The van der Waals surface area contributed by atoms with E-state index in [4.69, 9.17) is 23.2 Å². The molecule has 0 radical (unpaired) electrons. The van der Waals surface area contributed by atoms with E-state index < -0.39 is 0 Å². The monoisotopic (exact) mass is 311 g/mol. The van der Waals surface area contributed by atoms with Crippen molar-refractivity contribution in [3.05, 3.63) is 69.5 Å². The molecule has 0 fully saturated rings. The highest BCUT2D eigenvalue weighted by atomic mass is 35.5. The summed E-state index contributed by atoms with van der Waals surface area (Å²) >= 11 is 11.8. The van der Waals surface area contributed by atoms with Gasteiger partial charge in [-0.1, -0.05) is 35.3 Å². The van der Waals surface area contributed by atoms with Crippen molar-refractivity contribution < 1.29 is 9.18 Å². The Hall–Kier alpha value is -1.58. The molecule has 0 aromatic heterocycles. The summed E-state index contributed by atoms with van der Waals surface area (Å²) in [7, 11) is 0. The van der Waals surface area contributed by atoms with Crippen molar-refractivity contribution in [3.8, 4) is 0 Å². The average Bonchev–Trinajstić information content (AvgIpc) is 2.42. The first-order valence-corrected chi connectivity index (χ1v) is 6.74. The van der Waals surface area contributed by atoms with Gasteiger partial charge in [-0.3, -0.25) is 4.79 Å². The highest BCUT2D eigenvalue weighted by Crippen LogP contribution is 2.22. The van der Waals surface area contributed by atoms with E-state index in [1.807, 2.05) is 6.92 Å². The number of rotatable bonds is 3. The Morgan fingerprint density at radius 2 is 1.80 bits per heavy atom. The molecule has 0 spiro atoms. The van der Waals surface area contributed by atoms with Crippen molar-refractivity contribution in [1.29, 1.82) is 0 Å². The van der Waals surface area contributed by atoms with Crippen molar-refractivity contribution in [2.75, 3.05) is 0 Å². The molecule has 1 atom stereocenters. The van der Waals surface area contributed by atoms with Gasteiger partial charge in [-0.15, -0.1) is 0 Å². The van der Waals surface area contributed by atoms with Crippen LogP contribution < -0.4 is 5.32 Å². The third-order valence-electron chi connectivity index (χ3n) is 2.89. The van der Waals surface area contributed by atoms with Crippen LogP contribution in [0.3, 0.4) is 0 Å². The number of amides is 1. The molecule has 2 aromatic rings. The third kappa shape index (κ3) is 3.50. The lowest BCUT2D eigenvalue weighted by Gasteiger charge is -2.15. The number of nitrogens with one attached hydrogen (secondary N) is 1. The number of hydrogen-bond acceptors (Lipinski definition) is 1. The van der Waals surface area contributed by atoms with Crippen LogP contribution in [0.15, 0.2) is 42.5 Å². The van der Waals surface area contributed by atoms with Gasteiger partial charge in [-0.2, -0.15) is 0 Å². The molecule has 0 saturated heterocycles. The second-order valence-electron chi connectivity index (χ2n) is 4.37. The first-order chi connectivity index (χ1) is 9.47. The smallest absolute Gasteiger partial charge is 0.253 e. The standard InChI is InChI=1S/C15H12Cl2FNO/c1-9(10-2-5-12(18)6-3-10)19-15(20)13-8-11(16)4-7-14(13)17/h2-9H,1H3,(H,19,20)/t9-/m1/s1. The predicted molar refractivity (Wildman–Crippen MR) is 78.7 cm³/mol. The molecule has 0 bridgehead atoms. The summed E-state index contributed by atoms with van der Waals surface area (Å²) in [5, 5.41) is 3.57. The third-order valence-corrected chi connectivity index (χ3v) is 3.46. The second-order valence-corrected chi connectivity index (χ2v) is 5.21. The number of halogens is 3. The van der Waals surface area contributed by atoms with Gasteiger partial charge < -0.3 is 5.32 Å². The molecule has 0 unspecified atom stereocenters. The zero-order valence-corrected chi connectivity index (χ0v) is 12.2. The van der Waals surface area contributed by atoms with Crippen molar-refractivity contribution in [2.45, 2.75) is 13.0 Å². The lowest BCUT2D eigenvalue weighted by atomic mass is 10.1. The summed E-state index contributed by atoms with van der Waals surface area (Å²) in [6, 6.07) is 10.4. The predicted octanol–water partition coefficient (Wildman–Crippen LogP) is 4.62. The maximum atomic E-state index is 12.9. The van der Waals surface area contributed by atoms with Crippen molar-refractivity contribution in [2.24, 2.45) is 0 Å². The number of hydrogen-bond donors (Lipinski definition) is 1. The van der Waals surface area contributed by atoms with Crippen LogP contribution in [0.25, 0.3) is 0 Å². The molecule has 104 valence electrons. The van der Waals surface area contributed by atoms with Crippen LogP contribution in [0.2, 0.25) is 10.0 Å². The fourth-order valence-corrected chi connectivity index (χ4v) is 2.16. The van der Waals surface area contributed by atoms with Gasteiger partial charge in [0, 0.05) is 5.02 Å². The van der Waals surface area contributed by atoms with Crippen LogP contribution in [0, 0.1) is 5.82 Å². The summed E-state index contributed by atoms with van der Waals surface area (Å²) in [6.07, 6.45) is 0. The topological polar surface area (TPSA) is 29.1 Å². The van der Waals surface area contributed by atoms with Crippen molar-refractivity contribution in [3.63, 3.8) is 0 Å². The Bertz CT molecular complexity index is 628. The molecular formula is C15H12Cl2FNO. The van der Waals surface area contributed by atoms with Crippen LogP contribution in [-0.4, -0.2) is 5.91 Å². The van der Waals surface area contributed by atoms with E-state index in [0.717, 1.165) is 5.56 Å². The molecule has 5 heteroatoms. The van der Waals surface area contributed by atoms with E-state index in [1.54, 1.807) is 24.3 Å². The zero-order chi connectivity index (χ0) is 14.7. The maximum Gasteiger partial charge on any atom is 0.253 e. The number of carbonyl (C=O) groups excluding carboxylic acids is 1. The van der Waals surface area contributed by atoms with Gasteiger partial charge in [-0.05, 0) is 42.8 Å². The Kier molecular flexibility index (Phi) is 4.63. The van der Waals surface area contributed by atoms with Crippen molar-refractivity contribution in [1.82, 2.24) is 5.32 Å². The summed E-state index contributed by atoms with van der Waals surface area (Å²) < 4.78 is 12.9. The molecule has 0 aliphatic heterocycles. The molecule has 0 heterocycles. The molecule has 2 aromatic carbocycles.